The highest BCUT2D eigenvalue weighted by Gasteiger charge is 2.47. The molecule has 1 fully saturated rings. The van der Waals surface area contributed by atoms with Crippen molar-refractivity contribution in [2.24, 2.45) is 0 Å². The zero-order chi connectivity index (χ0) is 49.7. The van der Waals surface area contributed by atoms with Crippen molar-refractivity contribution in [1.29, 1.82) is 0 Å². The first-order valence-corrected chi connectivity index (χ1v) is 26.9. The van der Waals surface area contributed by atoms with Crippen LogP contribution in [0.25, 0.3) is 0 Å². The molecule has 0 bridgehead atoms. The normalized spacial score (nSPS) is 20.6. The lowest BCUT2D eigenvalue weighted by Gasteiger charge is -2.41. The van der Waals surface area contributed by atoms with Crippen LogP contribution < -0.4 is 5.32 Å². The zero-order valence-corrected chi connectivity index (χ0v) is 42.7. The van der Waals surface area contributed by atoms with E-state index in [1.807, 2.05) is 30.4 Å². The van der Waals surface area contributed by atoms with Crippen LogP contribution in [0.15, 0.2) is 85.1 Å². The van der Waals surface area contributed by atoms with Gasteiger partial charge in [0.05, 0.1) is 25.4 Å². The molecular formula is C57H97NO10. The van der Waals surface area contributed by atoms with Gasteiger partial charge in [0, 0.05) is 6.42 Å². The van der Waals surface area contributed by atoms with Crippen molar-refractivity contribution < 1.29 is 49.3 Å². The van der Waals surface area contributed by atoms with E-state index in [0.717, 1.165) is 96.3 Å². The van der Waals surface area contributed by atoms with E-state index in [9.17, 15) is 35.1 Å². The summed E-state index contributed by atoms with van der Waals surface area (Å²) in [6, 6.07) is -1.04. The summed E-state index contributed by atoms with van der Waals surface area (Å²) in [5, 5.41) is 56.6. The van der Waals surface area contributed by atoms with Crippen LogP contribution in [0.1, 0.15) is 201 Å². The van der Waals surface area contributed by atoms with E-state index in [4.69, 9.17) is 14.2 Å². The summed E-state index contributed by atoms with van der Waals surface area (Å²) in [7, 11) is 0. The van der Waals surface area contributed by atoms with Gasteiger partial charge < -0.3 is 45.1 Å². The van der Waals surface area contributed by atoms with Gasteiger partial charge in [-0.1, -0.05) is 202 Å². The predicted octanol–water partition coefficient (Wildman–Crippen LogP) is 11.4. The molecule has 8 atom stereocenters. The molecule has 0 aromatic carbocycles. The topological polar surface area (TPSA) is 175 Å². The number of aliphatic hydroxyl groups is 5. The fourth-order valence-corrected chi connectivity index (χ4v) is 7.84. The maximum absolute atomic E-state index is 13.3. The molecule has 1 saturated heterocycles. The smallest absolute Gasteiger partial charge is 0.306 e. The monoisotopic (exact) mass is 956 g/mol. The van der Waals surface area contributed by atoms with Gasteiger partial charge in [0.15, 0.2) is 12.4 Å². The third kappa shape index (κ3) is 33.4. The third-order valence-electron chi connectivity index (χ3n) is 12.1. The number of nitrogens with one attached hydrogen (secondary N) is 1. The second-order valence-electron chi connectivity index (χ2n) is 18.3. The molecule has 0 radical (unpaired) electrons. The van der Waals surface area contributed by atoms with E-state index in [0.29, 0.717) is 12.8 Å². The van der Waals surface area contributed by atoms with E-state index >= 15 is 0 Å². The number of hydrogen-bond acceptors (Lipinski definition) is 10. The highest BCUT2D eigenvalue weighted by molar-refractivity contribution is 5.80. The molecule has 1 aliphatic heterocycles. The van der Waals surface area contributed by atoms with E-state index in [-0.39, 0.29) is 19.4 Å². The Morgan fingerprint density at radius 2 is 1.13 bits per heavy atom. The highest BCUT2D eigenvalue weighted by Crippen LogP contribution is 2.26. The zero-order valence-electron chi connectivity index (χ0n) is 42.7. The van der Waals surface area contributed by atoms with Crippen LogP contribution in [0.2, 0.25) is 0 Å². The Labute approximate surface area is 413 Å². The van der Waals surface area contributed by atoms with Crippen molar-refractivity contribution in [2.75, 3.05) is 13.2 Å². The predicted molar refractivity (Wildman–Crippen MR) is 278 cm³/mol. The molecule has 1 heterocycles. The Morgan fingerprint density at radius 1 is 0.603 bits per heavy atom. The van der Waals surface area contributed by atoms with Crippen LogP contribution in [-0.2, 0) is 23.8 Å². The average Bonchev–Trinajstić information content (AvgIpc) is 3.33. The number of amides is 1. The largest absolute Gasteiger partial charge is 0.454 e. The maximum Gasteiger partial charge on any atom is 0.306 e. The molecule has 1 aliphatic rings. The number of hydrogen-bond donors (Lipinski definition) is 6. The maximum atomic E-state index is 13.3. The van der Waals surface area contributed by atoms with Crippen LogP contribution in [0.4, 0.5) is 0 Å². The number of ether oxygens (including phenoxy) is 3. The minimum absolute atomic E-state index is 0.0909. The van der Waals surface area contributed by atoms with Gasteiger partial charge in [0.2, 0.25) is 5.91 Å². The van der Waals surface area contributed by atoms with Gasteiger partial charge >= 0.3 is 5.97 Å². The lowest BCUT2D eigenvalue weighted by Crippen LogP contribution is -2.61. The molecule has 390 valence electrons. The number of aliphatic hydroxyl groups excluding tert-OH is 5. The second kappa shape index (κ2) is 45.0. The van der Waals surface area contributed by atoms with Gasteiger partial charge in [-0.15, -0.1) is 0 Å². The summed E-state index contributed by atoms with van der Waals surface area (Å²) in [6.45, 7) is 5.48. The molecule has 1 amide bonds. The van der Waals surface area contributed by atoms with E-state index in [1.54, 1.807) is 6.08 Å². The molecule has 6 N–H and O–H groups in total. The number of carbonyl (C=O) groups is 2. The summed E-state index contributed by atoms with van der Waals surface area (Å²) in [5.41, 5.74) is 0. The summed E-state index contributed by atoms with van der Waals surface area (Å²) in [6.07, 6.45) is 46.3. The summed E-state index contributed by atoms with van der Waals surface area (Å²) >= 11 is 0. The van der Waals surface area contributed by atoms with Crippen LogP contribution >= 0.6 is 0 Å². The molecule has 0 aromatic rings. The van der Waals surface area contributed by atoms with Crippen molar-refractivity contribution in [2.45, 2.75) is 250 Å². The fourth-order valence-electron chi connectivity index (χ4n) is 7.84. The lowest BCUT2D eigenvalue weighted by molar-refractivity contribution is -0.305. The lowest BCUT2D eigenvalue weighted by atomic mass is 9.99. The molecule has 68 heavy (non-hydrogen) atoms. The van der Waals surface area contributed by atoms with Gasteiger partial charge in [-0.3, -0.25) is 9.59 Å². The van der Waals surface area contributed by atoms with Gasteiger partial charge in [0.25, 0.3) is 0 Å². The number of unbranched alkanes of at least 4 members (excludes halogenated alkanes) is 19. The Hall–Kier alpha value is -3.16. The Balaban J connectivity index is 2.81. The molecule has 0 spiro atoms. The Kier molecular flexibility index (Phi) is 41.6. The van der Waals surface area contributed by atoms with E-state index in [1.165, 1.54) is 57.8 Å². The molecular weight excluding hydrogens is 859 g/mol. The number of allylic oxidation sites excluding steroid dienone is 13. The van der Waals surface area contributed by atoms with Gasteiger partial charge in [0.1, 0.15) is 24.4 Å². The first-order valence-electron chi connectivity index (χ1n) is 26.9. The van der Waals surface area contributed by atoms with Crippen LogP contribution in [-0.4, -0.2) is 99.6 Å². The van der Waals surface area contributed by atoms with Gasteiger partial charge in [-0.05, 0) is 77.0 Å². The SMILES string of the molecule is CC/C=C/C=C/C=C\CCCCCCC(O)C(=O)NC(COC1OC(CO)C(O)C(O)C1OC(=O)CCCCCC/C=C/C/C=C/C/C=C/CC)C(O)/C=C/CCCCCCCCCCCCC. The standard InChI is InChI=1S/C57H97NO10/c1-4-7-10-13-16-19-22-25-27-30-33-36-39-42-45-52(62)68-55-54(64)53(63)51(46-59)67-57(55)66-47-48(49(60)43-40-37-34-31-29-26-23-20-17-14-11-8-5-2)58-56(65)50(61)44-41-38-35-32-28-24-21-18-15-12-9-6-3/h7,9-10,12,15-16,18-19,21,24-25,27,40,43,48-51,53-55,57,59-61,63-64H,4-6,8,11,13-14,17,20,22-23,26,28-39,41-42,44-47H2,1-3H3,(H,58,65)/b10-7+,12-9+,18-15+,19-16+,24-21-,27-25+,43-40+. The third-order valence-corrected chi connectivity index (χ3v) is 12.1. The van der Waals surface area contributed by atoms with Crippen molar-refractivity contribution in [3.8, 4) is 0 Å². The minimum atomic E-state index is -1.63. The van der Waals surface area contributed by atoms with Gasteiger partial charge in [-0.2, -0.15) is 0 Å². The molecule has 11 heteroatoms. The average molecular weight is 956 g/mol. The quantitative estimate of drug-likeness (QED) is 0.0149. The first kappa shape index (κ1) is 62.9. The number of esters is 1. The number of rotatable bonds is 43. The highest BCUT2D eigenvalue weighted by atomic mass is 16.7. The van der Waals surface area contributed by atoms with Gasteiger partial charge in [-0.25, -0.2) is 0 Å². The molecule has 1 rings (SSSR count). The first-order chi connectivity index (χ1) is 33.2. The molecule has 0 aliphatic carbocycles. The molecule has 0 aromatic heterocycles. The van der Waals surface area contributed by atoms with Crippen molar-refractivity contribution in [3.63, 3.8) is 0 Å². The summed E-state index contributed by atoms with van der Waals surface area (Å²) in [5.74, 6) is -1.25. The summed E-state index contributed by atoms with van der Waals surface area (Å²) < 4.78 is 17.5. The Bertz CT molecular complexity index is 1420. The second-order valence-corrected chi connectivity index (χ2v) is 18.3. The Morgan fingerprint density at radius 3 is 1.75 bits per heavy atom. The number of carbonyl (C=O) groups excluding carboxylic acids is 2. The van der Waals surface area contributed by atoms with E-state index in [2.05, 4.69) is 74.7 Å². The van der Waals surface area contributed by atoms with Crippen LogP contribution in [0.3, 0.4) is 0 Å². The molecule has 0 saturated carbocycles. The van der Waals surface area contributed by atoms with Crippen molar-refractivity contribution in [3.05, 3.63) is 85.1 Å². The van der Waals surface area contributed by atoms with Crippen molar-refractivity contribution in [1.82, 2.24) is 5.32 Å². The molecule has 8 unspecified atom stereocenters. The van der Waals surface area contributed by atoms with Crippen LogP contribution in [0, 0.1) is 0 Å². The fraction of sp³-hybridized carbons (Fsp3) is 0.719. The van der Waals surface area contributed by atoms with E-state index < -0.39 is 67.4 Å². The van der Waals surface area contributed by atoms with Crippen molar-refractivity contribution >= 4 is 11.9 Å². The minimum Gasteiger partial charge on any atom is -0.454 e. The molecule has 11 nitrogen and oxygen atoms in total. The van der Waals surface area contributed by atoms with Crippen LogP contribution in [0.5, 0.6) is 0 Å². The summed E-state index contributed by atoms with van der Waals surface area (Å²) in [4.78, 5) is 26.4.